The quantitative estimate of drug-likeness (QED) is 0.565. The van der Waals surface area contributed by atoms with Crippen LogP contribution in [0.1, 0.15) is 0 Å². The summed E-state index contributed by atoms with van der Waals surface area (Å²) in [4.78, 5) is 16.5. The Bertz CT molecular complexity index is 33.0. The molecule has 0 saturated carbocycles. The third-order valence-corrected chi connectivity index (χ3v) is 0. The third kappa shape index (κ3) is 205. The summed E-state index contributed by atoms with van der Waals surface area (Å²) in [6, 6.07) is 0. The van der Waals surface area contributed by atoms with Gasteiger partial charge in [0.05, 0.1) is 0 Å². The van der Waals surface area contributed by atoms with E-state index in [1.807, 2.05) is 0 Å². The third-order valence-electron chi connectivity index (χ3n) is 0. The van der Waals surface area contributed by atoms with Gasteiger partial charge in [0.1, 0.15) is 0 Å². The minimum Gasteiger partial charge on any atom is -0.665 e. The Kier molecular flexibility index (Phi) is 120. The van der Waals surface area contributed by atoms with Crippen LogP contribution in [0.25, 0.3) is 0 Å². The Balaban J connectivity index is -0.0000000160. The summed E-state index contributed by atoms with van der Waals surface area (Å²) in [5, 5.41) is 13.5. The SMILES string of the molecule is O=[C-]O.O=[C-]O.[Y].[Y]. The number of hydrogen-bond acceptors (Lipinski definition) is 2. The van der Waals surface area contributed by atoms with Crippen molar-refractivity contribution in [2.45, 2.75) is 0 Å². The average molecular weight is 268 g/mol. The van der Waals surface area contributed by atoms with Crippen LogP contribution in [-0.2, 0) is 75.0 Å². The smallest absolute Gasteiger partial charge is 0 e. The van der Waals surface area contributed by atoms with Gasteiger partial charge in [0.25, 0.3) is 0 Å². The maximum Gasteiger partial charge on any atom is 0 e. The van der Waals surface area contributed by atoms with Crippen molar-refractivity contribution in [1.29, 1.82) is 0 Å². The first-order valence-corrected chi connectivity index (χ1v) is 0.855. The molecular formula is C2H2O4Y2-2. The van der Waals surface area contributed by atoms with E-state index >= 15 is 0 Å². The first kappa shape index (κ1) is 22.9. The molecule has 0 fully saturated rings. The molecule has 0 bridgehead atoms. The summed E-state index contributed by atoms with van der Waals surface area (Å²) >= 11 is 0. The predicted octanol–water partition coefficient (Wildman–Crippen LogP) is -0.782. The molecule has 6 heteroatoms. The zero-order valence-electron chi connectivity index (χ0n) is 3.87. The van der Waals surface area contributed by atoms with Gasteiger partial charge in [-0.15, -0.1) is 0 Å². The van der Waals surface area contributed by atoms with Gasteiger partial charge in [0, 0.05) is 65.4 Å². The van der Waals surface area contributed by atoms with Crippen molar-refractivity contribution in [3.05, 3.63) is 0 Å². The van der Waals surface area contributed by atoms with Gasteiger partial charge in [0.15, 0.2) is 0 Å². The van der Waals surface area contributed by atoms with E-state index in [1.54, 1.807) is 0 Å². The minimum absolute atomic E-state index is 0. The zero-order valence-corrected chi connectivity index (χ0v) is 9.54. The van der Waals surface area contributed by atoms with E-state index in [2.05, 4.69) is 0 Å². The van der Waals surface area contributed by atoms with Crippen LogP contribution in [0, 0.1) is 0 Å². The molecule has 0 aromatic heterocycles. The van der Waals surface area contributed by atoms with Crippen molar-refractivity contribution >= 4 is 12.9 Å². The largest absolute Gasteiger partial charge is 0.665 e. The van der Waals surface area contributed by atoms with E-state index < -0.39 is 0 Å². The molecule has 42 valence electrons. The molecule has 2 radical (unpaired) electrons. The van der Waals surface area contributed by atoms with Crippen LogP contribution in [0.5, 0.6) is 0 Å². The maximum absolute atomic E-state index is 8.24. The second kappa shape index (κ2) is 42.0. The molecule has 0 saturated heterocycles. The number of aliphatic hydroxyl groups excluding tert-OH is 2. The fourth-order valence-electron chi connectivity index (χ4n) is 0. The summed E-state index contributed by atoms with van der Waals surface area (Å²) in [5.41, 5.74) is 0. The average Bonchev–Trinajstić information content (AvgIpc) is 1.39. The van der Waals surface area contributed by atoms with E-state index in [0.29, 0.717) is 12.9 Å². The molecule has 8 heavy (non-hydrogen) atoms. The summed E-state index contributed by atoms with van der Waals surface area (Å²) in [6.07, 6.45) is 0. The van der Waals surface area contributed by atoms with E-state index in [4.69, 9.17) is 19.8 Å². The van der Waals surface area contributed by atoms with Crippen LogP contribution in [0.2, 0.25) is 0 Å². The van der Waals surface area contributed by atoms with Gasteiger partial charge in [0.2, 0.25) is 0 Å². The zero-order chi connectivity index (χ0) is 5.41. The minimum atomic E-state index is 0. The molecular weight excluding hydrogens is 266 g/mol. The molecule has 4 nitrogen and oxygen atoms in total. The molecule has 0 aliphatic heterocycles. The van der Waals surface area contributed by atoms with Gasteiger partial charge >= 0.3 is 0 Å². The van der Waals surface area contributed by atoms with Crippen LogP contribution < -0.4 is 0 Å². The summed E-state index contributed by atoms with van der Waals surface area (Å²) in [7, 11) is 0. The second-order valence-corrected chi connectivity index (χ2v) is 0.183. The Hall–Kier alpha value is 1.15. The predicted molar refractivity (Wildman–Crippen MR) is 16.6 cm³/mol. The van der Waals surface area contributed by atoms with Crippen molar-refractivity contribution in [2.24, 2.45) is 0 Å². The Morgan fingerprint density at radius 2 is 0.875 bits per heavy atom. The molecule has 0 spiro atoms. The van der Waals surface area contributed by atoms with Crippen molar-refractivity contribution in [3.63, 3.8) is 0 Å². The maximum atomic E-state index is 8.24. The van der Waals surface area contributed by atoms with Crippen LogP contribution in [-0.4, -0.2) is 23.2 Å². The molecule has 0 atom stereocenters. The molecule has 0 aromatic rings. The van der Waals surface area contributed by atoms with Crippen molar-refractivity contribution < 1.29 is 85.2 Å². The van der Waals surface area contributed by atoms with Gasteiger partial charge < -0.3 is 19.8 Å². The number of rotatable bonds is 0. The molecule has 0 heterocycles. The fraction of sp³-hybridized carbons (Fsp3) is 0. The van der Waals surface area contributed by atoms with E-state index in [0.717, 1.165) is 0 Å². The van der Waals surface area contributed by atoms with Crippen molar-refractivity contribution in [2.75, 3.05) is 0 Å². The van der Waals surface area contributed by atoms with Crippen molar-refractivity contribution in [1.82, 2.24) is 0 Å². The standard InChI is InChI=1S/2CHO2.2Y/c2*2-1-3;;/h2*(H,2,3);;/q2*-1;;. The summed E-state index contributed by atoms with van der Waals surface area (Å²) in [6.45, 7) is 1.00. The molecule has 0 aromatic carbocycles. The molecule has 0 aliphatic carbocycles. The van der Waals surface area contributed by atoms with Gasteiger partial charge in [-0.1, -0.05) is 12.9 Å². The van der Waals surface area contributed by atoms with Gasteiger partial charge in [-0.2, -0.15) is 0 Å². The monoisotopic (exact) mass is 268 g/mol. The van der Waals surface area contributed by atoms with Gasteiger partial charge in [-0.05, 0) is 0 Å². The Labute approximate surface area is 96.8 Å². The topological polar surface area (TPSA) is 74.6 Å². The van der Waals surface area contributed by atoms with E-state index in [9.17, 15) is 0 Å². The molecule has 0 aliphatic rings. The fourth-order valence-corrected chi connectivity index (χ4v) is 0. The molecule has 2 N–H and O–H groups in total. The van der Waals surface area contributed by atoms with E-state index in [-0.39, 0.29) is 65.4 Å². The van der Waals surface area contributed by atoms with Crippen LogP contribution >= 0.6 is 0 Å². The second-order valence-electron chi connectivity index (χ2n) is 0.183. The summed E-state index contributed by atoms with van der Waals surface area (Å²) < 4.78 is 0. The van der Waals surface area contributed by atoms with Crippen LogP contribution in [0.4, 0.5) is 0 Å². The van der Waals surface area contributed by atoms with Crippen LogP contribution in [0.3, 0.4) is 0 Å². The normalized spacial score (nSPS) is 3.00. The molecule has 0 amide bonds. The van der Waals surface area contributed by atoms with Crippen LogP contribution in [0.15, 0.2) is 0 Å². The van der Waals surface area contributed by atoms with E-state index in [1.165, 1.54) is 0 Å². The Morgan fingerprint density at radius 3 is 0.875 bits per heavy atom. The van der Waals surface area contributed by atoms with Gasteiger partial charge in [-0.25, -0.2) is 0 Å². The Morgan fingerprint density at radius 1 is 0.875 bits per heavy atom. The van der Waals surface area contributed by atoms with Crippen molar-refractivity contribution in [3.8, 4) is 0 Å². The first-order chi connectivity index (χ1) is 2.83. The molecule has 0 rings (SSSR count). The first-order valence-electron chi connectivity index (χ1n) is 0.855. The molecule has 0 unspecified atom stereocenters. The summed E-state index contributed by atoms with van der Waals surface area (Å²) in [5.74, 6) is 0. The van der Waals surface area contributed by atoms with Gasteiger partial charge in [-0.3, -0.25) is 0 Å². The number of hydrogen-bond donors (Lipinski definition) is 2.